The minimum Gasteiger partial charge on any atom is -0.382 e. The van der Waals surface area contributed by atoms with Gasteiger partial charge in [-0.25, -0.2) is 0 Å². The van der Waals surface area contributed by atoms with Crippen molar-refractivity contribution in [3.8, 4) is 6.07 Å². The van der Waals surface area contributed by atoms with Crippen LogP contribution in [-0.2, 0) is 4.79 Å². The molecule has 20 heavy (non-hydrogen) atoms. The number of β-lactam (4-membered cyclic amide) rings is 1. The SMILES string of the molecule is CN(C)/C=C(/C#N)c1ccc(N2CC(C)(C)C2=O)cc1. The molecule has 0 unspecified atom stereocenters. The van der Waals surface area contributed by atoms with Crippen molar-refractivity contribution in [3.63, 3.8) is 0 Å². The molecular weight excluding hydrogens is 250 g/mol. The lowest BCUT2D eigenvalue weighted by atomic mass is 9.82. The molecule has 2 rings (SSSR count). The lowest BCUT2D eigenvalue weighted by molar-refractivity contribution is -0.132. The summed E-state index contributed by atoms with van der Waals surface area (Å²) >= 11 is 0. The van der Waals surface area contributed by atoms with Gasteiger partial charge in [-0.1, -0.05) is 12.1 Å². The Morgan fingerprint density at radius 2 is 1.95 bits per heavy atom. The van der Waals surface area contributed by atoms with Gasteiger partial charge in [-0.2, -0.15) is 5.26 Å². The molecule has 4 nitrogen and oxygen atoms in total. The molecule has 0 aromatic heterocycles. The Bertz CT molecular complexity index is 591. The van der Waals surface area contributed by atoms with Gasteiger partial charge in [-0.3, -0.25) is 4.79 Å². The zero-order valence-corrected chi connectivity index (χ0v) is 12.3. The molecule has 0 atom stereocenters. The number of carbonyl (C=O) groups excluding carboxylic acids is 1. The highest BCUT2D eigenvalue weighted by atomic mass is 16.2. The quantitative estimate of drug-likeness (QED) is 0.625. The summed E-state index contributed by atoms with van der Waals surface area (Å²) in [5.41, 5.74) is 2.11. The third kappa shape index (κ3) is 2.53. The highest BCUT2D eigenvalue weighted by Gasteiger charge is 2.44. The van der Waals surface area contributed by atoms with Gasteiger partial charge in [0.25, 0.3) is 0 Å². The van der Waals surface area contributed by atoms with Gasteiger partial charge in [0.05, 0.1) is 11.0 Å². The van der Waals surface area contributed by atoms with Gasteiger partial charge in [-0.05, 0) is 31.5 Å². The molecule has 0 aliphatic carbocycles. The van der Waals surface area contributed by atoms with Crippen molar-refractivity contribution in [2.75, 3.05) is 25.5 Å². The number of anilines is 1. The molecule has 0 saturated carbocycles. The standard InChI is InChI=1S/C16H19N3O/c1-16(2)11-19(15(16)20)14-7-5-12(6-8-14)13(9-17)10-18(3)4/h5-8,10H,11H2,1-4H3/b13-10-. The van der Waals surface area contributed by atoms with Crippen LogP contribution in [0.1, 0.15) is 19.4 Å². The maximum Gasteiger partial charge on any atom is 0.234 e. The van der Waals surface area contributed by atoms with Gasteiger partial charge >= 0.3 is 0 Å². The first-order chi connectivity index (χ1) is 9.35. The Morgan fingerprint density at radius 1 is 1.35 bits per heavy atom. The lowest BCUT2D eigenvalue weighted by Crippen LogP contribution is -2.58. The van der Waals surface area contributed by atoms with Crippen molar-refractivity contribution >= 4 is 17.2 Å². The van der Waals surface area contributed by atoms with Crippen LogP contribution in [0.25, 0.3) is 5.57 Å². The molecular formula is C16H19N3O. The molecule has 1 aromatic rings. The van der Waals surface area contributed by atoms with Crippen LogP contribution in [0.4, 0.5) is 5.69 Å². The number of hydrogen-bond acceptors (Lipinski definition) is 3. The van der Waals surface area contributed by atoms with E-state index in [2.05, 4.69) is 6.07 Å². The van der Waals surface area contributed by atoms with E-state index in [0.29, 0.717) is 5.57 Å². The van der Waals surface area contributed by atoms with Gasteiger partial charge < -0.3 is 9.80 Å². The largest absolute Gasteiger partial charge is 0.382 e. The summed E-state index contributed by atoms with van der Waals surface area (Å²) in [6.45, 7) is 4.64. The second kappa shape index (κ2) is 5.01. The van der Waals surface area contributed by atoms with E-state index in [-0.39, 0.29) is 11.3 Å². The molecule has 0 bridgehead atoms. The van der Waals surface area contributed by atoms with E-state index in [0.717, 1.165) is 17.8 Å². The fourth-order valence-electron chi connectivity index (χ4n) is 2.26. The summed E-state index contributed by atoms with van der Waals surface area (Å²) in [6.07, 6.45) is 1.78. The van der Waals surface area contributed by atoms with E-state index < -0.39 is 0 Å². The molecule has 1 aliphatic rings. The summed E-state index contributed by atoms with van der Waals surface area (Å²) in [5, 5.41) is 9.17. The summed E-state index contributed by atoms with van der Waals surface area (Å²) in [5.74, 6) is 0.148. The number of nitrogens with zero attached hydrogens (tertiary/aromatic N) is 3. The van der Waals surface area contributed by atoms with Crippen LogP contribution in [0, 0.1) is 16.7 Å². The first-order valence-electron chi connectivity index (χ1n) is 6.56. The number of hydrogen-bond donors (Lipinski definition) is 0. The second-order valence-corrected chi connectivity index (χ2v) is 5.94. The van der Waals surface area contributed by atoms with Gasteiger partial charge in [0.1, 0.15) is 6.07 Å². The molecule has 104 valence electrons. The van der Waals surface area contributed by atoms with Crippen LogP contribution in [0.2, 0.25) is 0 Å². The van der Waals surface area contributed by atoms with Crippen molar-refractivity contribution in [2.45, 2.75) is 13.8 Å². The van der Waals surface area contributed by atoms with E-state index in [9.17, 15) is 4.79 Å². The van der Waals surface area contributed by atoms with Gasteiger partial charge in [0.2, 0.25) is 5.91 Å². The van der Waals surface area contributed by atoms with Crippen molar-refractivity contribution < 1.29 is 4.79 Å². The molecule has 1 aliphatic heterocycles. The van der Waals surface area contributed by atoms with Crippen molar-refractivity contribution in [1.29, 1.82) is 5.26 Å². The molecule has 1 heterocycles. The Kier molecular flexibility index (Phi) is 3.54. The molecule has 0 spiro atoms. The maximum atomic E-state index is 12.0. The van der Waals surface area contributed by atoms with Crippen LogP contribution >= 0.6 is 0 Å². The van der Waals surface area contributed by atoms with E-state index in [4.69, 9.17) is 5.26 Å². The topological polar surface area (TPSA) is 47.3 Å². The molecule has 4 heteroatoms. The average molecular weight is 269 g/mol. The average Bonchev–Trinajstić information content (AvgIpc) is 2.42. The predicted molar refractivity (Wildman–Crippen MR) is 79.9 cm³/mol. The lowest BCUT2D eigenvalue weighted by Gasteiger charge is -2.44. The zero-order valence-electron chi connectivity index (χ0n) is 12.3. The molecule has 1 amide bonds. The number of rotatable bonds is 3. The van der Waals surface area contributed by atoms with Crippen LogP contribution in [0.5, 0.6) is 0 Å². The molecule has 1 aromatic carbocycles. The number of amides is 1. The van der Waals surface area contributed by atoms with E-state index in [1.165, 1.54) is 0 Å². The zero-order chi connectivity index (χ0) is 14.9. The Morgan fingerprint density at radius 3 is 2.35 bits per heavy atom. The third-order valence-corrected chi connectivity index (χ3v) is 3.38. The molecule has 0 N–H and O–H groups in total. The van der Waals surface area contributed by atoms with Crippen LogP contribution in [-0.4, -0.2) is 31.4 Å². The molecule has 1 saturated heterocycles. The van der Waals surface area contributed by atoms with Crippen molar-refractivity contribution in [3.05, 3.63) is 36.0 Å². The summed E-state index contributed by atoms with van der Waals surface area (Å²) in [7, 11) is 3.76. The molecule has 0 radical (unpaired) electrons. The summed E-state index contributed by atoms with van der Waals surface area (Å²) in [4.78, 5) is 15.6. The van der Waals surface area contributed by atoms with Gasteiger partial charge in [0, 0.05) is 32.5 Å². The highest BCUT2D eigenvalue weighted by molar-refractivity contribution is 6.04. The monoisotopic (exact) mass is 269 g/mol. The van der Waals surface area contributed by atoms with Gasteiger partial charge in [0.15, 0.2) is 0 Å². The van der Waals surface area contributed by atoms with Crippen molar-refractivity contribution in [2.24, 2.45) is 5.41 Å². The predicted octanol–water partition coefficient (Wildman–Crippen LogP) is 2.49. The number of benzene rings is 1. The van der Waals surface area contributed by atoms with Gasteiger partial charge in [-0.15, -0.1) is 0 Å². The van der Waals surface area contributed by atoms with Crippen LogP contribution in [0.3, 0.4) is 0 Å². The minimum absolute atomic E-state index is 0.148. The van der Waals surface area contributed by atoms with Crippen molar-refractivity contribution in [1.82, 2.24) is 4.90 Å². The number of carbonyl (C=O) groups is 1. The first-order valence-corrected chi connectivity index (χ1v) is 6.56. The van der Waals surface area contributed by atoms with E-state index in [1.54, 1.807) is 11.1 Å². The number of nitriles is 1. The van der Waals surface area contributed by atoms with Crippen LogP contribution < -0.4 is 4.90 Å². The second-order valence-electron chi connectivity index (χ2n) is 5.94. The number of allylic oxidation sites excluding steroid dienone is 1. The smallest absolute Gasteiger partial charge is 0.234 e. The maximum absolute atomic E-state index is 12.0. The third-order valence-electron chi connectivity index (χ3n) is 3.38. The highest BCUT2D eigenvalue weighted by Crippen LogP contribution is 2.35. The fourth-order valence-corrected chi connectivity index (χ4v) is 2.26. The van der Waals surface area contributed by atoms with E-state index in [1.807, 2.05) is 57.1 Å². The molecule has 1 fully saturated rings. The van der Waals surface area contributed by atoms with E-state index >= 15 is 0 Å². The summed E-state index contributed by atoms with van der Waals surface area (Å²) in [6, 6.07) is 9.73. The van der Waals surface area contributed by atoms with Crippen LogP contribution in [0.15, 0.2) is 30.5 Å². The Hall–Kier alpha value is -2.28. The summed E-state index contributed by atoms with van der Waals surface area (Å²) < 4.78 is 0. The minimum atomic E-state index is -0.249. The Labute approximate surface area is 119 Å². The normalized spacial score (nSPS) is 17.4. The first kappa shape index (κ1) is 14.1. The Balaban J connectivity index is 2.20. The fraction of sp³-hybridized carbons (Fsp3) is 0.375.